The summed E-state index contributed by atoms with van der Waals surface area (Å²) in [5.74, 6) is 0.768. The summed E-state index contributed by atoms with van der Waals surface area (Å²) in [5, 5.41) is 0. The van der Waals surface area contributed by atoms with Crippen molar-refractivity contribution in [1.29, 1.82) is 0 Å². The van der Waals surface area contributed by atoms with Crippen LogP contribution in [0.5, 0.6) is 0 Å². The molecule has 0 bridgehead atoms. The largest absolute Gasteiger partial charge is 0.290 e. The minimum Gasteiger partial charge on any atom is -0.290 e. The molecule has 0 radical (unpaired) electrons. The lowest BCUT2D eigenvalue weighted by molar-refractivity contribution is 0.478. The first-order chi connectivity index (χ1) is 5.16. The molecule has 0 aliphatic heterocycles. The Balaban J connectivity index is 3.16. The van der Waals surface area contributed by atoms with Crippen LogP contribution in [0.1, 0.15) is 26.7 Å². The van der Waals surface area contributed by atoms with Gasteiger partial charge in [-0.3, -0.25) is 4.79 Å². The van der Waals surface area contributed by atoms with Crippen LogP contribution in [0.25, 0.3) is 0 Å². The van der Waals surface area contributed by atoms with Crippen molar-refractivity contribution in [1.82, 2.24) is 4.31 Å². The van der Waals surface area contributed by atoms with Gasteiger partial charge in [-0.2, -0.15) is 0 Å². The molecular formula is C8H17NOS. The molecule has 3 heteroatoms. The Bertz CT molecular complexity index is 106. The lowest BCUT2D eigenvalue weighted by atomic mass is 10.1. The summed E-state index contributed by atoms with van der Waals surface area (Å²) in [6.07, 6.45) is 2.42. The van der Waals surface area contributed by atoms with Crippen LogP contribution in [0, 0.1) is 5.92 Å². The van der Waals surface area contributed by atoms with Crippen LogP contribution in [0.15, 0.2) is 0 Å². The first-order valence-corrected chi connectivity index (χ1v) is 4.82. The zero-order chi connectivity index (χ0) is 8.69. The van der Waals surface area contributed by atoms with E-state index in [0.717, 1.165) is 18.1 Å². The molecule has 0 rings (SSSR count). The Labute approximate surface area is 73.5 Å². The standard InChI is InChI=1S/C8H17NOS/c1-8(2)5-4-6-9(3)11-7-10/h7-8H,4-6H2,1-3H3. The molecular weight excluding hydrogens is 158 g/mol. The van der Waals surface area contributed by atoms with Gasteiger partial charge in [0.1, 0.15) is 0 Å². The van der Waals surface area contributed by atoms with E-state index in [-0.39, 0.29) is 0 Å². The maximum Gasteiger partial charge on any atom is 0.191 e. The highest BCUT2D eigenvalue weighted by Crippen LogP contribution is 2.07. The van der Waals surface area contributed by atoms with Gasteiger partial charge in [-0.05, 0) is 37.8 Å². The second-order valence-electron chi connectivity index (χ2n) is 3.09. The van der Waals surface area contributed by atoms with Crippen molar-refractivity contribution in [2.75, 3.05) is 13.6 Å². The Morgan fingerprint density at radius 2 is 2.18 bits per heavy atom. The maximum absolute atomic E-state index is 10.0. The summed E-state index contributed by atoms with van der Waals surface area (Å²) >= 11 is 1.24. The molecule has 0 atom stereocenters. The molecule has 66 valence electrons. The van der Waals surface area contributed by atoms with E-state index in [2.05, 4.69) is 13.8 Å². The van der Waals surface area contributed by atoms with Crippen LogP contribution in [-0.4, -0.2) is 23.5 Å². The molecule has 0 unspecified atom stereocenters. The van der Waals surface area contributed by atoms with Crippen LogP contribution in [0.3, 0.4) is 0 Å². The Hall–Kier alpha value is -0.0200. The minimum absolute atomic E-state index is 0.768. The molecule has 0 saturated carbocycles. The number of carbonyl (C=O) groups excluding carboxylic acids is 1. The van der Waals surface area contributed by atoms with Crippen molar-refractivity contribution in [2.45, 2.75) is 26.7 Å². The first kappa shape index (κ1) is 11.0. The maximum atomic E-state index is 10.0. The highest BCUT2D eigenvalue weighted by Gasteiger charge is 1.98. The molecule has 0 aromatic heterocycles. The fraction of sp³-hybridized carbons (Fsp3) is 0.875. The molecule has 0 aromatic rings. The number of hydrogen-bond acceptors (Lipinski definition) is 3. The fourth-order valence-electron chi connectivity index (χ4n) is 0.848. The lowest BCUT2D eigenvalue weighted by Crippen LogP contribution is -2.11. The molecule has 0 aliphatic rings. The monoisotopic (exact) mass is 175 g/mol. The Morgan fingerprint density at radius 1 is 1.55 bits per heavy atom. The van der Waals surface area contributed by atoms with Gasteiger partial charge in [-0.1, -0.05) is 13.8 Å². The van der Waals surface area contributed by atoms with Crippen molar-refractivity contribution < 1.29 is 4.79 Å². The van der Waals surface area contributed by atoms with E-state index in [9.17, 15) is 4.79 Å². The van der Waals surface area contributed by atoms with Crippen molar-refractivity contribution in [2.24, 2.45) is 5.92 Å². The van der Waals surface area contributed by atoms with Gasteiger partial charge in [0.2, 0.25) is 0 Å². The van der Waals surface area contributed by atoms with Crippen LogP contribution >= 0.6 is 11.9 Å². The summed E-state index contributed by atoms with van der Waals surface area (Å²) in [6.45, 7) is 5.43. The van der Waals surface area contributed by atoms with E-state index in [1.54, 1.807) is 0 Å². The average molecular weight is 175 g/mol. The van der Waals surface area contributed by atoms with E-state index in [1.807, 2.05) is 11.4 Å². The summed E-state index contributed by atoms with van der Waals surface area (Å²) in [6, 6.07) is 0. The van der Waals surface area contributed by atoms with Crippen LogP contribution < -0.4 is 0 Å². The SMILES string of the molecule is CC(C)CCCN(C)SC=O. The third-order valence-corrected chi connectivity index (χ3v) is 2.11. The highest BCUT2D eigenvalue weighted by atomic mass is 32.2. The Kier molecular flexibility index (Phi) is 6.66. The van der Waals surface area contributed by atoms with Crippen LogP contribution in [0.2, 0.25) is 0 Å². The predicted octanol–water partition coefficient (Wildman–Crippen LogP) is 2.19. The van der Waals surface area contributed by atoms with Gasteiger partial charge < -0.3 is 0 Å². The summed E-state index contributed by atoms with van der Waals surface area (Å²) < 4.78 is 1.97. The molecule has 11 heavy (non-hydrogen) atoms. The molecule has 0 aliphatic carbocycles. The number of hydrogen-bond donors (Lipinski definition) is 0. The molecule has 0 saturated heterocycles. The summed E-state index contributed by atoms with van der Waals surface area (Å²) in [4.78, 5) is 10.0. The smallest absolute Gasteiger partial charge is 0.191 e. The molecule has 2 nitrogen and oxygen atoms in total. The number of rotatable bonds is 6. The number of carbonyl (C=O) groups is 1. The first-order valence-electron chi connectivity index (χ1n) is 3.98. The summed E-state index contributed by atoms with van der Waals surface area (Å²) in [5.41, 5.74) is 0.870. The van der Waals surface area contributed by atoms with Gasteiger partial charge in [-0.15, -0.1) is 0 Å². The van der Waals surface area contributed by atoms with Gasteiger partial charge in [-0.25, -0.2) is 4.31 Å². The highest BCUT2D eigenvalue weighted by molar-refractivity contribution is 8.09. The van der Waals surface area contributed by atoms with Crippen molar-refractivity contribution in [3.63, 3.8) is 0 Å². The van der Waals surface area contributed by atoms with Crippen molar-refractivity contribution in [3.8, 4) is 0 Å². The van der Waals surface area contributed by atoms with Gasteiger partial charge in [0, 0.05) is 6.54 Å². The summed E-state index contributed by atoms with van der Waals surface area (Å²) in [7, 11) is 1.94. The molecule has 0 fully saturated rings. The van der Waals surface area contributed by atoms with Crippen molar-refractivity contribution in [3.05, 3.63) is 0 Å². The average Bonchev–Trinajstić information content (AvgIpc) is 1.87. The topological polar surface area (TPSA) is 20.3 Å². The second-order valence-corrected chi connectivity index (χ2v) is 4.12. The van der Waals surface area contributed by atoms with Gasteiger partial charge in [0.15, 0.2) is 5.62 Å². The van der Waals surface area contributed by atoms with E-state index in [4.69, 9.17) is 0 Å². The minimum atomic E-state index is 0.768. The second kappa shape index (κ2) is 6.68. The van der Waals surface area contributed by atoms with Crippen LogP contribution in [-0.2, 0) is 4.79 Å². The molecule has 0 spiro atoms. The third-order valence-electron chi connectivity index (χ3n) is 1.48. The van der Waals surface area contributed by atoms with Gasteiger partial charge in [0.25, 0.3) is 0 Å². The zero-order valence-corrected chi connectivity index (χ0v) is 8.36. The molecule has 0 heterocycles. The third kappa shape index (κ3) is 7.88. The molecule has 0 N–H and O–H groups in total. The Morgan fingerprint density at radius 3 is 2.64 bits per heavy atom. The van der Waals surface area contributed by atoms with E-state index in [1.165, 1.54) is 24.8 Å². The van der Waals surface area contributed by atoms with E-state index in [0.29, 0.717) is 0 Å². The fourth-order valence-corrected chi connectivity index (χ4v) is 1.23. The van der Waals surface area contributed by atoms with E-state index < -0.39 is 0 Å². The molecule has 0 aromatic carbocycles. The quantitative estimate of drug-likeness (QED) is 0.456. The lowest BCUT2D eigenvalue weighted by Gasteiger charge is -2.11. The van der Waals surface area contributed by atoms with Crippen molar-refractivity contribution >= 4 is 17.6 Å². The predicted molar refractivity (Wildman–Crippen MR) is 51.0 cm³/mol. The van der Waals surface area contributed by atoms with Gasteiger partial charge in [0.05, 0.1) is 0 Å². The normalized spacial score (nSPS) is 11.0. The zero-order valence-electron chi connectivity index (χ0n) is 7.54. The van der Waals surface area contributed by atoms with Gasteiger partial charge >= 0.3 is 0 Å². The van der Waals surface area contributed by atoms with E-state index >= 15 is 0 Å². The van der Waals surface area contributed by atoms with Crippen LogP contribution in [0.4, 0.5) is 0 Å². The number of nitrogens with zero attached hydrogens (tertiary/aromatic N) is 1. The molecule has 0 amide bonds.